The van der Waals surface area contributed by atoms with Crippen molar-refractivity contribution in [3.63, 3.8) is 0 Å². The standard InChI is InChI=1S/C26H36ClN3O5S/c1-7-23(26(32)28-15-18(2)3)29(16-20-9-8-10-22(14-20)35-5)25(31)17-30(36(6,33)34)24-12-11-21(27)13-19(24)4/h8-14,18,23H,7,15-17H2,1-6H3,(H,28,32)/t23-/m1/s1. The van der Waals surface area contributed by atoms with Crippen molar-refractivity contribution in [3.8, 4) is 5.75 Å². The van der Waals surface area contributed by atoms with Gasteiger partial charge in [0.1, 0.15) is 18.3 Å². The molecule has 2 aromatic carbocycles. The van der Waals surface area contributed by atoms with E-state index in [1.807, 2.05) is 26.8 Å². The van der Waals surface area contributed by atoms with Crippen molar-refractivity contribution in [1.29, 1.82) is 0 Å². The minimum Gasteiger partial charge on any atom is -0.497 e. The maximum atomic E-state index is 13.7. The molecule has 2 rings (SSSR count). The first kappa shape index (κ1) is 29.5. The molecule has 198 valence electrons. The van der Waals surface area contributed by atoms with E-state index in [1.54, 1.807) is 50.4 Å². The van der Waals surface area contributed by atoms with Gasteiger partial charge in [0.2, 0.25) is 21.8 Å². The second kappa shape index (κ2) is 13.0. The van der Waals surface area contributed by atoms with E-state index < -0.39 is 28.5 Å². The molecule has 0 heterocycles. The first-order valence-corrected chi connectivity index (χ1v) is 14.0. The molecule has 1 N–H and O–H groups in total. The number of aryl methyl sites for hydroxylation is 1. The van der Waals surface area contributed by atoms with E-state index in [9.17, 15) is 18.0 Å². The summed E-state index contributed by atoms with van der Waals surface area (Å²) in [5, 5.41) is 3.36. The number of amides is 2. The van der Waals surface area contributed by atoms with Gasteiger partial charge < -0.3 is 15.0 Å². The van der Waals surface area contributed by atoms with Crippen LogP contribution >= 0.6 is 11.6 Å². The summed E-state index contributed by atoms with van der Waals surface area (Å²) >= 11 is 6.06. The topological polar surface area (TPSA) is 96.0 Å². The zero-order valence-corrected chi connectivity index (χ0v) is 23.3. The molecule has 0 aliphatic heterocycles. The average Bonchev–Trinajstić information content (AvgIpc) is 2.80. The normalized spacial score (nSPS) is 12.2. The second-order valence-corrected chi connectivity index (χ2v) is 11.5. The largest absolute Gasteiger partial charge is 0.497 e. The zero-order valence-electron chi connectivity index (χ0n) is 21.7. The molecule has 0 unspecified atom stereocenters. The molecule has 0 saturated heterocycles. The number of halogens is 1. The Morgan fingerprint density at radius 3 is 2.39 bits per heavy atom. The predicted molar refractivity (Wildman–Crippen MR) is 144 cm³/mol. The van der Waals surface area contributed by atoms with E-state index >= 15 is 0 Å². The summed E-state index contributed by atoms with van der Waals surface area (Å²) in [4.78, 5) is 28.3. The van der Waals surface area contributed by atoms with Gasteiger partial charge in [0, 0.05) is 18.1 Å². The van der Waals surface area contributed by atoms with Crippen molar-refractivity contribution in [1.82, 2.24) is 10.2 Å². The summed E-state index contributed by atoms with van der Waals surface area (Å²) < 4.78 is 31.9. The number of anilines is 1. The summed E-state index contributed by atoms with van der Waals surface area (Å²) in [6, 6.07) is 11.2. The van der Waals surface area contributed by atoms with Crippen LogP contribution in [0.15, 0.2) is 42.5 Å². The smallest absolute Gasteiger partial charge is 0.244 e. The minimum absolute atomic E-state index is 0.112. The molecule has 2 aromatic rings. The number of sulfonamides is 1. The molecule has 0 saturated carbocycles. The molecule has 0 fully saturated rings. The monoisotopic (exact) mass is 537 g/mol. The van der Waals surface area contributed by atoms with Crippen molar-refractivity contribution in [2.45, 2.75) is 46.7 Å². The number of methoxy groups -OCH3 is 1. The highest BCUT2D eigenvalue weighted by molar-refractivity contribution is 7.92. The average molecular weight is 538 g/mol. The van der Waals surface area contributed by atoms with Crippen molar-refractivity contribution in [2.24, 2.45) is 5.92 Å². The third-order valence-corrected chi connectivity index (χ3v) is 7.03. The second-order valence-electron chi connectivity index (χ2n) is 9.14. The van der Waals surface area contributed by atoms with E-state index in [2.05, 4.69) is 5.32 Å². The van der Waals surface area contributed by atoms with Crippen LogP contribution < -0.4 is 14.4 Å². The summed E-state index contributed by atoms with van der Waals surface area (Å²) in [6.45, 7) is 7.64. The van der Waals surface area contributed by atoms with Crippen molar-refractivity contribution in [3.05, 3.63) is 58.6 Å². The molecule has 0 spiro atoms. The number of rotatable bonds is 12. The lowest BCUT2D eigenvalue weighted by Gasteiger charge is -2.33. The quantitative estimate of drug-likeness (QED) is 0.441. The van der Waals surface area contributed by atoms with Crippen LogP contribution in [0.1, 0.15) is 38.3 Å². The molecule has 2 amide bonds. The lowest BCUT2D eigenvalue weighted by atomic mass is 10.1. The number of nitrogens with zero attached hydrogens (tertiary/aromatic N) is 2. The Morgan fingerprint density at radius 2 is 1.83 bits per heavy atom. The van der Waals surface area contributed by atoms with E-state index in [0.29, 0.717) is 35.0 Å². The van der Waals surface area contributed by atoms with E-state index in [1.165, 1.54) is 4.90 Å². The SMILES string of the molecule is CC[C@H](C(=O)NCC(C)C)N(Cc1cccc(OC)c1)C(=O)CN(c1ccc(Cl)cc1C)S(C)(=O)=O. The summed E-state index contributed by atoms with van der Waals surface area (Å²) in [5.41, 5.74) is 1.72. The van der Waals surface area contributed by atoms with Gasteiger partial charge in [0.05, 0.1) is 19.1 Å². The lowest BCUT2D eigenvalue weighted by Crippen LogP contribution is -2.52. The van der Waals surface area contributed by atoms with Crippen molar-refractivity contribution in [2.75, 3.05) is 30.8 Å². The number of nitrogens with one attached hydrogen (secondary N) is 1. The molecule has 0 radical (unpaired) electrons. The fourth-order valence-corrected chi connectivity index (χ4v) is 4.94. The van der Waals surface area contributed by atoms with Gasteiger partial charge in [-0.1, -0.05) is 44.5 Å². The van der Waals surface area contributed by atoms with Crippen molar-refractivity contribution >= 4 is 39.1 Å². The van der Waals surface area contributed by atoms with Crippen LogP contribution in [0.2, 0.25) is 5.02 Å². The molecule has 10 heteroatoms. The van der Waals surface area contributed by atoms with Crippen LogP contribution in [0.4, 0.5) is 5.69 Å². The van der Waals surface area contributed by atoms with Crippen LogP contribution in [-0.4, -0.2) is 57.6 Å². The van der Waals surface area contributed by atoms with E-state index in [-0.39, 0.29) is 18.4 Å². The molecule has 8 nitrogen and oxygen atoms in total. The van der Waals surface area contributed by atoms with Gasteiger partial charge in [0.25, 0.3) is 0 Å². The Kier molecular flexibility index (Phi) is 10.6. The fourth-order valence-electron chi connectivity index (χ4n) is 3.80. The highest BCUT2D eigenvalue weighted by Gasteiger charge is 2.32. The van der Waals surface area contributed by atoms with Crippen LogP contribution in [0, 0.1) is 12.8 Å². The number of carbonyl (C=O) groups is 2. The molecular formula is C26H36ClN3O5S. The third-order valence-electron chi connectivity index (χ3n) is 5.66. The Balaban J connectivity index is 2.47. The third kappa shape index (κ3) is 8.13. The highest BCUT2D eigenvalue weighted by atomic mass is 35.5. The Labute approximate surface area is 219 Å². The lowest BCUT2D eigenvalue weighted by molar-refractivity contribution is -0.140. The predicted octanol–water partition coefficient (Wildman–Crippen LogP) is 4.00. The molecule has 0 aromatic heterocycles. The molecule has 0 bridgehead atoms. The number of carbonyl (C=O) groups excluding carboxylic acids is 2. The van der Waals surface area contributed by atoms with Crippen molar-refractivity contribution < 1.29 is 22.7 Å². The van der Waals surface area contributed by atoms with Gasteiger partial charge in [-0.05, 0) is 60.7 Å². The maximum Gasteiger partial charge on any atom is 0.244 e. The van der Waals surface area contributed by atoms with Gasteiger partial charge >= 0.3 is 0 Å². The van der Waals surface area contributed by atoms with Crippen LogP contribution in [0.5, 0.6) is 5.75 Å². The molecule has 1 atom stereocenters. The summed E-state index contributed by atoms with van der Waals surface area (Å²) in [5.74, 6) is 0.0783. The maximum absolute atomic E-state index is 13.7. The Hall–Kier alpha value is -2.78. The molecule has 0 aliphatic carbocycles. The number of benzene rings is 2. The van der Waals surface area contributed by atoms with Gasteiger partial charge in [0.15, 0.2) is 0 Å². The van der Waals surface area contributed by atoms with Crippen LogP contribution in [0.3, 0.4) is 0 Å². The number of ether oxygens (including phenoxy) is 1. The number of hydrogen-bond acceptors (Lipinski definition) is 5. The van der Waals surface area contributed by atoms with Gasteiger partial charge in [-0.3, -0.25) is 13.9 Å². The molecule has 0 aliphatic rings. The summed E-state index contributed by atoms with van der Waals surface area (Å²) in [7, 11) is -2.27. The van der Waals surface area contributed by atoms with Crippen LogP contribution in [-0.2, 0) is 26.2 Å². The van der Waals surface area contributed by atoms with E-state index in [4.69, 9.17) is 16.3 Å². The van der Waals surface area contributed by atoms with Gasteiger partial charge in [-0.25, -0.2) is 8.42 Å². The minimum atomic E-state index is -3.82. The zero-order chi connectivity index (χ0) is 27.0. The Bertz CT molecular complexity index is 1170. The fraction of sp³-hybridized carbons (Fsp3) is 0.462. The Morgan fingerprint density at radius 1 is 1.14 bits per heavy atom. The van der Waals surface area contributed by atoms with Crippen LogP contribution in [0.25, 0.3) is 0 Å². The highest BCUT2D eigenvalue weighted by Crippen LogP contribution is 2.26. The van der Waals surface area contributed by atoms with E-state index in [0.717, 1.165) is 16.1 Å². The molecule has 36 heavy (non-hydrogen) atoms. The van der Waals surface area contributed by atoms with Gasteiger partial charge in [-0.15, -0.1) is 0 Å². The van der Waals surface area contributed by atoms with Gasteiger partial charge in [-0.2, -0.15) is 0 Å². The summed E-state index contributed by atoms with van der Waals surface area (Å²) in [6.07, 6.45) is 1.41. The molecular weight excluding hydrogens is 502 g/mol. The first-order chi connectivity index (χ1) is 16.9. The number of hydrogen-bond donors (Lipinski definition) is 1. The first-order valence-electron chi connectivity index (χ1n) is 11.8.